The molecule has 7 nitrogen and oxygen atoms in total. The number of anilines is 1. The number of benzene rings is 2. The van der Waals surface area contributed by atoms with E-state index in [1.807, 2.05) is 13.0 Å². The molecule has 0 saturated heterocycles. The molecule has 3 N–H and O–H groups in total. The van der Waals surface area contributed by atoms with Crippen molar-refractivity contribution in [3.05, 3.63) is 70.3 Å². The van der Waals surface area contributed by atoms with Crippen molar-refractivity contribution in [3.63, 3.8) is 0 Å². The molecule has 7 heteroatoms. The van der Waals surface area contributed by atoms with Crippen molar-refractivity contribution in [2.75, 3.05) is 5.32 Å². The van der Waals surface area contributed by atoms with E-state index < -0.39 is 11.8 Å². The number of primary amides is 1. The van der Waals surface area contributed by atoms with Crippen LogP contribution in [-0.4, -0.2) is 21.4 Å². The van der Waals surface area contributed by atoms with E-state index in [0.29, 0.717) is 16.6 Å². The van der Waals surface area contributed by atoms with Crippen molar-refractivity contribution in [2.24, 2.45) is 5.73 Å². The summed E-state index contributed by atoms with van der Waals surface area (Å²) in [5.41, 5.74) is 7.00. The van der Waals surface area contributed by atoms with Crippen molar-refractivity contribution < 1.29 is 9.59 Å². The monoisotopic (exact) mass is 336 g/mol. The van der Waals surface area contributed by atoms with Crippen LogP contribution in [0.1, 0.15) is 15.9 Å². The highest BCUT2D eigenvalue weighted by atomic mass is 16.2. The van der Waals surface area contributed by atoms with Crippen LogP contribution >= 0.6 is 0 Å². The summed E-state index contributed by atoms with van der Waals surface area (Å²) in [6, 6.07) is 11.7. The zero-order valence-corrected chi connectivity index (χ0v) is 13.5. The van der Waals surface area contributed by atoms with Crippen LogP contribution in [0, 0.1) is 6.92 Å². The molecule has 0 aliphatic rings. The number of fused-ring (bicyclic) bond motifs is 1. The van der Waals surface area contributed by atoms with E-state index in [-0.39, 0.29) is 17.7 Å². The van der Waals surface area contributed by atoms with E-state index in [9.17, 15) is 14.4 Å². The number of nitrogens with two attached hydrogens (primary N) is 1. The molecule has 0 spiro atoms. The second-order valence-electron chi connectivity index (χ2n) is 5.61. The summed E-state index contributed by atoms with van der Waals surface area (Å²) >= 11 is 0. The normalized spacial score (nSPS) is 10.6. The number of aryl methyl sites for hydroxylation is 1. The molecule has 0 aliphatic heterocycles. The summed E-state index contributed by atoms with van der Waals surface area (Å²) in [5.74, 6) is -1.10. The predicted molar refractivity (Wildman–Crippen MR) is 94.3 cm³/mol. The van der Waals surface area contributed by atoms with Crippen molar-refractivity contribution >= 4 is 28.4 Å². The van der Waals surface area contributed by atoms with Crippen LogP contribution < -0.4 is 16.6 Å². The zero-order valence-electron chi connectivity index (χ0n) is 13.5. The number of amides is 2. The molecular weight excluding hydrogens is 320 g/mol. The quantitative estimate of drug-likeness (QED) is 0.751. The van der Waals surface area contributed by atoms with Gasteiger partial charge in [0.05, 0.1) is 28.5 Å². The number of carbonyl (C=O) groups is 2. The third-order valence-electron chi connectivity index (χ3n) is 3.84. The lowest BCUT2D eigenvalue weighted by Crippen LogP contribution is -2.28. The minimum absolute atomic E-state index is 0.204. The first-order chi connectivity index (χ1) is 12.0. The summed E-state index contributed by atoms with van der Waals surface area (Å²) in [4.78, 5) is 40.4. The fraction of sp³-hybridized carbons (Fsp3) is 0.111. The zero-order chi connectivity index (χ0) is 18.0. The van der Waals surface area contributed by atoms with Gasteiger partial charge in [-0.2, -0.15) is 0 Å². The van der Waals surface area contributed by atoms with Crippen LogP contribution in [0.2, 0.25) is 0 Å². The molecular formula is C18H16N4O3. The molecule has 0 unspecified atom stereocenters. The number of carbonyl (C=O) groups excluding carboxylic acids is 2. The van der Waals surface area contributed by atoms with Crippen LogP contribution in [0.3, 0.4) is 0 Å². The summed E-state index contributed by atoms with van der Waals surface area (Å²) < 4.78 is 1.23. The Morgan fingerprint density at radius 1 is 1.16 bits per heavy atom. The molecule has 3 aromatic rings. The van der Waals surface area contributed by atoms with E-state index in [0.717, 1.165) is 5.56 Å². The number of hydrogen-bond donors (Lipinski definition) is 2. The number of nitrogens with one attached hydrogen (secondary N) is 1. The van der Waals surface area contributed by atoms with Gasteiger partial charge in [0.2, 0.25) is 5.91 Å². The molecule has 126 valence electrons. The lowest BCUT2D eigenvalue weighted by atomic mass is 10.1. The molecule has 0 aliphatic carbocycles. The first-order valence-electron chi connectivity index (χ1n) is 7.61. The van der Waals surface area contributed by atoms with Gasteiger partial charge in [-0.3, -0.25) is 19.0 Å². The maximum absolute atomic E-state index is 12.5. The Labute approximate surface area is 143 Å². The minimum atomic E-state index is -0.643. The second-order valence-corrected chi connectivity index (χ2v) is 5.61. The van der Waals surface area contributed by atoms with Crippen LogP contribution in [0.25, 0.3) is 10.9 Å². The van der Waals surface area contributed by atoms with Gasteiger partial charge in [0.1, 0.15) is 6.54 Å². The van der Waals surface area contributed by atoms with Crippen molar-refractivity contribution in [1.82, 2.24) is 9.55 Å². The van der Waals surface area contributed by atoms with Gasteiger partial charge in [-0.1, -0.05) is 24.3 Å². The van der Waals surface area contributed by atoms with E-state index in [4.69, 9.17) is 5.73 Å². The van der Waals surface area contributed by atoms with E-state index in [1.165, 1.54) is 17.0 Å². The highest BCUT2D eigenvalue weighted by molar-refractivity contribution is 6.02. The first kappa shape index (κ1) is 16.4. The smallest absolute Gasteiger partial charge is 0.261 e. The number of nitrogens with zero attached hydrogens (tertiary/aromatic N) is 2. The first-order valence-corrected chi connectivity index (χ1v) is 7.61. The van der Waals surface area contributed by atoms with Crippen LogP contribution in [0.5, 0.6) is 0 Å². The molecule has 0 atom stereocenters. The molecule has 3 rings (SSSR count). The number of aromatic nitrogens is 2. The van der Waals surface area contributed by atoms with E-state index in [2.05, 4.69) is 10.3 Å². The molecule has 2 amide bonds. The fourth-order valence-electron chi connectivity index (χ4n) is 2.60. The molecule has 0 saturated carbocycles. The van der Waals surface area contributed by atoms with Gasteiger partial charge in [0.15, 0.2) is 0 Å². The van der Waals surface area contributed by atoms with Crippen molar-refractivity contribution in [2.45, 2.75) is 13.5 Å². The minimum Gasteiger partial charge on any atom is -0.366 e. The third-order valence-corrected chi connectivity index (χ3v) is 3.84. The summed E-state index contributed by atoms with van der Waals surface area (Å²) in [5, 5.41) is 3.05. The van der Waals surface area contributed by atoms with Gasteiger partial charge in [-0.05, 0) is 30.7 Å². The van der Waals surface area contributed by atoms with Gasteiger partial charge >= 0.3 is 0 Å². The standard InChI is InChI=1S/C18H16N4O3/c1-11-5-4-7-13-16(11)20-10-22(18(13)25)9-15(23)21-14-8-3-2-6-12(14)17(19)24/h2-8,10H,9H2,1H3,(H2,19,24)(H,21,23). The summed E-state index contributed by atoms with van der Waals surface area (Å²) in [7, 11) is 0. The average Bonchev–Trinajstić information content (AvgIpc) is 2.58. The van der Waals surface area contributed by atoms with Gasteiger partial charge < -0.3 is 11.1 Å². The lowest BCUT2D eigenvalue weighted by molar-refractivity contribution is -0.116. The average molecular weight is 336 g/mol. The van der Waals surface area contributed by atoms with Gasteiger partial charge in [0.25, 0.3) is 11.5 Å². The molecule has 0 bridgehead atoms. The Bertz CT molecular complexity index is 1040. The fourth-order valence-corrected chi connectivity index (χ4v) is 2.60. The van der Waals surface area contributed by atoms with Crippen LogP contribution in [-0.2, 0) is 11.3 Å². The van der Waals surface area contributed by atoms with Gasteiger partial charge in [0, 0.05) is 0 Å². The Morgan fingerprint density at radius 3 is 2.68 bits per heavy atom. The lowest BCUT2D eigenvalue weighted by Gasteiger charge is -2.10. The SMILES string of the molecule is Cc1cccc2c(=O)n(CC(=O)Nc3ccccc3C(N)=O)cnc12. The van der Waals surface area contributed by atoms with E-state index in [1.54, 1.807) is 30.3 Å². The number of hydrogen-bond acceptors (Lipinski definition) is 4. The highest BCUT2D eigenvalue weighted by Crippen LogP contribution is 2.14. The number of para-hydroxylation sites is 2. The molecule has 0 radical (unpaired) electrons. The summed E-state index contributed by atoms with van der Waals surface area (Å²) in [6.07, 6.45) is 1.34. The van der Waals surface area contributed by atoms with Crippen molar-refractivity contribution in [3.8, 4) is 0 Å². The molecule has 1 heterocycles. The summed E-state index contributed by atoms with van der Waals surface area (Å²) in [6.45, 7) is 1.65. The third kappa shape index (κ3) is 3.25. The molecule has 0 fully saturated rings. The van der Waals surface area contributed by atoms with Gasteiger partial charge in [-0.25, -0.2) is 4.98 Å². The topological polar surface area (TPSA) is 107 Å². The van der Waals surface area contributed by atoms with Gasteiger partial charge in [-0.15, -0.1) is 0 Å². The van der Waals surface area contributed by atoms with E-state index >= 15 is 0 Å². The molecule has 25 heavy (non-hydrogen) atoms. The van der Waals surface area contributed by atoms with Crippen molar-refractivity contribution in [1.29, 1.82) is 0 Å². The predicted octanol–water partition coefficient (Wildman–Crippen LogP) is 1.44. The number of rotatable bonds is 4. The van der Waals surface area contributed by atoms with Crippen LogP contribution in [0.4, 0.5) is 5.69 Å². The Balaban J connectivity index is 1.87. The second kappa shape index (κ2) is 6.56. The Kier molecular flexibility index (Phi) is 4.30. The molecule has 1 aromatic heterocycles. The Morgan fingerprint density at radius 2 is 1.92 bits per heavy atom. The maximum Gasteiger partial charge on any atom is 0.261 e. The Hall–Kier alpha value is -3.48. The maximum atomic E-state index is 12.5. The largest absolute Gasteiger partial charge is 0.366 e. The molecule has 2 aromatic carbocycles. The highest BCUT2D eigenvalue weighted by Gasteiger charge is 2.12. The van der Waals surface area contributed by atoms with Crippen LogP contribution in [0.15, 0.2) is 53.6 Å².